The summed E-state index contributed by atoms with van der Waals surface area (Å²) in [4.78, 5) is 4.72. The Hall–Kier alpha value is -1.26. The molecule has 0 unspecified atom stereocenters. The van der Waals surface area contributed by atoms with Crippen LogP contribution in [0.4, 0.5) is 0 Å². The number of benzene rings is 1. The Bertz CT molecular complexity index is 349. The molecule has 1 N–H and O–H groups in total. The summed E-state index contributed by atoms with van der Waals surface area (Å²) < 4.78 is 5.56. The Morgan fingerprint density at radius 3 is 2.59 bits per heavy atom. The van der Waals surface area contributed by atoms with Gasteiger partial charge in [0.25, 0.3) is 0 Å². The van der Waals surface area contributed by atoms with Crippen LogP contribution in [-0.4, -0.2) is 61.3 Å². The minimum absolute atomic E-state index is 0.214. The van der Waals surface area contributed by atoms with Crippen molar-refractivity contribution in [2.75, 3.05) is 46.4 Å². The first-order valence-electron chi connectivity index (χ1n) is 6.07. The largest absolute Gasteiger partial charge is 0.504 e. The molecule has 0 saturated carbocycles. The molecule has 1 heterocycles. The van der Waals surface area contributed by atoms with Gasteiger partial charge in [-0.1, -0.05) is 12.1 Å². The van der Waals surface area contributed by atoms with Gasteiger partial charge >= 0.3 is 0 Å². The summed E-state index contributed by atoms with van der Waals surface area (Å²) in [5.74, 6) is 0.785. The molecule has 0 amide bonds. The van der Waals surface area contributed by atoms with Crippen LogP contribution in [-0.2, 0) is 0 Å². The van der Waals surface area contributed by atoms with Gasteiger partial charge in [-0.25, -0.2) is 0 Å². The Balaban J connectivity index is 1.71. The van der Waals surface area contributed by atoms with Crippen LogP contribution in [0, 0.1) is 0 Å². The molecule has 0 atom stereocenters. The fraction of sp³-hybridized carbons (Fsp3) is 0.538. The van der Waals surface area contributed by atoms with Gasteiger partial charge in [0.05, 0.1) is 0 Å². The molecule has 94 valence electrons. The van der Waals surface area contributed by atoms with Gasteiger partial charge in [0, 0.05) is 32.7 Å². The van der Waals surface area contributed by atoms with Gasteiger partial charge in [-0.15, -0.1) is 0 Å². The van der Waals surface area contributed by atoms with Gasteiger partial charge in [0.2, 0.25) is 0 Å². The van der Waals surface area contributed by atoms with Gasteiger partial charge in [0.15, 0.2) is 11.5 Å². The summed E-state index contributed by atoms with van der Waals surface area (Å²) >= 11 is 0. The van der Waals surface area contributed by atoms with E-state index in [0.29, 0.717) is 12.4 Å². The third-order valence-electron chi connectivity index (χ3n) is 3.13. The number of hydrogen-bond acceptors (Lipinski definition) is 4. The van der Waals surface area contributed by atoms with E-state index in [9.17, 15) is 5.11 Å². The first-order valence-corrected chi connectivity index (χ1v) is 6.07. The van der Waals surface area contributed by atoms with Crippen LogP contribution >= 0.6 is 0 Å². The van der Waals surface area contributed by atoms with Crippen molar-refractivity contribution in [3.63, 3.8) is 0 Å². The maximum Gasteiger partial charge on any atom is 0.160 e. The number of piperazine rings is 1. The minimum Gasteiger partial charge on any atom is -0.504 e. The number of phenolic OH excluding ortho intramolecular Hbond substituents is 1. The minimum atomic E-state index is 0.214. The van der Waals surface area contributed by atoms with Crippen molar-refractivity contribution in [2.24, 2.45) is 0 Å². The molecule has 4 nitrogen and oxygen atoms in total. The SMILES string of the molecule is CN1CCN(CCOc2ccccc2O)CC1. The molecule has 1 aliphatic heterocycles. The van der Waals surface area contributed by atoms with E-state index >= 15 is 0 Å². The summed E-state index contributed by atoms with van der Waals surface area (Å²) in [6.45, 7) is 5.98. The molecule has 0 radical (unpaired) electrons. The highest BCUT2D eigenvalue weighted by Gasteiger charge is 2.13. The maximum absolute atomic E-state index is 9.54. The Labute approximate surface area is 102 Å². The number of hydrogen-bond donors (Lipinski definition) is 1. The highest BCUT2D eigenvalue weighted by Crippen LogP contribution is 2.24. The third-order valence-corrected chi connectivity index (χ3v) is 3.13. The van der Waals surface area contributed by atoms with Crippen molar-refractivity contribution in [3.05, 3.63) is 24.3 Å². The molecule has 1 aliphatic rings. The molecule has 0 bridgehead atoms. The lowest BCUT2D eigenvalue weighted by atomic mass is 10.3. The summed E-state index contributed by atoms with van der Waals surface area (Å²) in [5, 5.41) is 9.54. The summed E-state index contributed by atoms with van der Waals surface area (Å²) in [7, 11) is 2.15. The van der Waals surface area contributed by atoms with Gasteiger partial charge in [0.1, 0.15) is 6.61 Å². The molecule has 0 spiro atoms. The first kappa shape index (κ1) is 12.2. The van der Waals surface area contributed by atoms with E-state index < -0.39 is 0 Å². The summed E-state index contributed by atoms with van der Waals surface area (Å²) in [5.41, 5.74) is 0. The summed E-state index contributed by atoms with van der Waals surface area (Å²) in [6.07, 6.45) is 0. The monoisotopic (exact) mass is 236 g/mol. The zero-order valence-corrected chi connectivity index (χ0v) is 10.3. The Morgan fingerprint density at radius 1 is 1.18 bits per heavy atom. The number of phenols is 1. The van der Waals surface area contributed by atoms with Gasteiger partial charge in [-0.2, -0.15) is 0 Å². The number of rotatable bonds is 4. The van der Waals surface area contributed by atoms with Crippen LogP contribution in [0.5, 0.6) is 11.5 Å². The molecular formula is C13H20N2O2. The molecule has 0 aromatic heterocycles. The lowest BCUT2D eigenvalue weighted by Gasteiger charge is -2.32. The fourth-order valence-electron chi connectivity index (χ4n) is 1.94. The quantitative estimate of drug-likeness (QED) is 0.846. The highest BCUT2D eigenvalue weighted by molar-refractivity contribution is 5.37. The Morgan fingerprint density at radius 2 is 1.88 bits per heavy atom. The lowest BCUT2D eigenvalue weighted by Crippen LogP contribution is -2.45. The lowest BCUT2D eigenvalue weighted by molar-refractivity contribution is 0.133. The fourth-order valence-corrected chi connectivity index (χ4v) is 1.94. The highest BCUT2D eigenvalue weighted by atomic mass is 16.5. The predicted molar refractivity (Wildman–Crippen MR) is 67.5 cm³/mol. The van der Waals surface area contributed by atoms with Crippen molar-refractivity contribution in [1.82, 2.24) is 9.80 Å². The zero-order chi connectivity index (χ0) is 12.1. The molecule has 1 aromatic carbocycles. The molecule has 1 aromatic rings. The molecule has 4 heteroatoms. The van der Waals surface area contributed by atoms with Gasteiger partial charge < -0.3 is 14.7 Å². The van der Waals surface area contributed by atoms with Crippen LogP contribution in [0.25, 0.3) is 0 Å². The van der Waals surface area contributed by atoms with Crippen molar-refractivity contribution in [2.45, 2.75) is 0 Å². The molecular weight excluding hydrogens is 216 g/mol. The molecule has 1 saturated heterocycles. The first-order chi connectivity index (χ1) is 8.25. The topological polar surface area (TPSA) is 35.9 Å². The van der Waals surface area contributed by atoms with E-state index in [0.717, 1.165) is 32.7 Å². The van der Waals surface area contributed by atoms with E-state index in [2.05, 4.69) is 16.8 Å². The van der Waals surface area contributed by atoms with E-state index in [1.807, 2.05) is 6.07 Å². The van der Waals surface area contributed by atoms with E-state index in [1.165, 1.54) is 0 Å². The molecule has 0 aliphatic carbocycles. The second-order valence-electron chi connectivity index (χ2n) is 4.46. The van der Waals surface area contributed by atoms with Crippen LogP contribution in [0.15, 0.2) is 24.3 Å². The number of nitrogens with zero attached hydrogens (tertiary/aromatic N) is 2. The van der Waals surface area contributed by atoms with E-state index in [1.54, 1.807) is 18.2 Å². The standard InChI is InChI=1S/C13H20N2O2/c1-14-6-8-15(9-7-14)10-11-17-13-5-3-2-4-12(13)16/h2-5,16H,6-11H2,1H3. The molecule has 2 rings (SSSR count). The molecule has 17 heavy (non-hydrogen) atoms. The molecule has 1 fully saturated rings. The normalized spacial score (nSPS) is 18.2. The van der Waals surface area contributed by atoms with E-state index in [-0.39, 0.29) is 5.75 Å². The van der Waals surface area contributed by atoms with Crippen molar-refractivity contribution in [1.29, 1.82) is 0 Å². The number of para-hydroxylation sites is 2. The predicted octanol–water partition coefficient (Wildman–Crippen LogP) is 1.02. The second kappa shape index (κ2) is 5.89. The average Bonchev–Trinajstić information content (AvgIpc) is 2.34. The van der Waals surface area contributed by atoms with Crippen molar-refractivity contribution < 1.29 is 9.84 Å². The van der Waals surface area contributed by atoms with Crippen LogP contribution in [0.1, 0.15) is 0 Å². The number of ether oxygens (including phenoxy) is 1. The second-order valence-corrected chi connectivity index (χ2v) is 4.46. The smallest absolute Gasteiger partial charge is 0.160 e. The van der Waals surface area contributed by atoms with E-state index in [4.69, 9.17) is 4.74 Å². The van der Waals surface area contributed by atoms with Crippen molar-refractivity contribution >= 4 is 0 Å². The van der Waals surface area contributed by atoms with Crippen molar-refractivity contribution in [3.8, 4) is 11.5 Å². The Kier molecular flexibility index (Phi) is 4.23. The van der Waals surface area contributed by atoms with Crippen LogP contribution in [0.3, 0.4) is 0 Å². The van der Waals surface area contributed by atoms with Crippen LogP contribution in [0.2, 0.25) is 0 Å². The average molecular weight is 236 g/mol. The third kappa shape index (κ3) is 3.61. The number of aromatic hydroxyl groups is 1. The summed E-state index contributed by atoms with van der Waals surface area (Å²) in [6, 6.07) is 7.10. The van der Waals surface area contributed by atoms with Gasteiger partial charge in [-0.05, 0) is 19.2 Å². The van der Waals surface area contributed by atoms with Crippen LogP contribution < -0.4 is 4.74 Å². The maximum atomic E-state index is 9.54. The zero-order valence-electron chi connectivity index (χ0n) is 10.3. The van der Waals surface area contributed by atoms with Gasteiger partial charge in [-0.3, -0.25) is 4.90 Å². The number of likely N-dealkylation sites (N-methyl/N-ethyl adjacent to an activating group) is 1.